The molecule has 3 aromatic rings. The smallest absolute Gasteiger partial charge is 0.418 e. The van der Waals surface area contributed by atoms with Crippen LogP contribution in [0.1, 0.15) is 33.3 Å². The van der Waals surface area contributed by atoms with Crippen LogP contribution >= 0.6 is 15.9 Å². The van der Waals surface area contributed by atoms with E-state index in [1.807, 2.05) is 22.9 Å². The van der Waals surface area contributed by atoms with E-state index in [4.69, 9.17) is 4.52 Å². The lowest BCUT2D eigenvalue weighted by molar-refractivity contribution is -0.886. The summed E-state index contributed by atoms with van der Waals surface area (Å²) in [5, 5.41) is 1.14. The van der Waals surface area contributed by atoms with E-state index in [-0.39, 0.29) is 5.54 Å². The maximum atomic E-state index is 9.75. The number of aromatic nitrogens is 1. The molecule has 0 radical (unpaired) electrons. The Hall–Kier alpha value is -1.83. The zero-order valence-corrected chi connectivity index (χ0v) is 17.2. The fourth-order valence-corrected chi connectivity index (χ4v) is 3.34. The van der Waals surface area contributed by atoms with E-state index in [2.05, 4.69) is 67.9 Å². The lowest BCUT2D eigenvalue weighted by Crippen LogP contribution is -2.49. The highest BCUT2D eigenvalue weighted by atomic mass is 79.9. The first-order valence-corrected chi connectivity index (χ1v) is 9.31. The molecule has 0 bridgehead atoms. The third-order valence-corrected chi connectivity index (χ3v) is 4.58. The molecule has 0 saturated carbocycles. The molecule has 0 spiro atoms. The molecule has 1 heterocycles. The Morgan fingerprint density at radius 2 is 1.59 bits per heavy atom. The Labute approximate surface area is 164 Å². The molecular weight excluding hydrogens is 425 g/mol. The number of hydrogen-bond donors (Lipinski definition) is 0. The number of nitrogens with zero attached hydrogens (tertiary/aromatic N) is 1. The van der Waals surface area contributed by atoms with Crippen molar-refractivity contribution < 1.29 is 26.5 Å². The first-order valence-electron chi connectivity index (χ1n) is 8.52. The van der Waals surface area contributed by atoms with Crippen LogP contribution in [-0.4, -0.2) is 7.25 Å². The minimum absolute atomic E-state index is 0.107. The highest BCUT2D eigenvalue weighted by Gasteiger charge is 2.33. The lowest BCUT2D eigenvalue weighted by atomic mass is 10.0. The molecule has 0 saturated heterocycles. The predicted molar refractivity (Wildman–Crippen MR) is 104 cm³/mol. The van der Waals surface area contributed by atoms with Crippen molar-refractivity contribution in [1.29, 1.82) is 0 Å². The largest absolute Gasteiger partial charge is 0.673 e. The van der Waals surface area contributed by atoms with Gasteiger partial charge in [-0.3, -0.25) is 0 Å². The summed E-state index contributed by atoms with van der Waals surface area (Å²) in [6.07, 6.45) is 0.993. The summed E-state index contributed by atoms with van der Waals surface area (Å²) < 4.78 is 48.4. The van der Waals surface area contributed by atoms with Crippen molar-refractivity contribution >= 4 is 34.1 Å². The van der Waals surface area contributed by atoms with Gasteiger partial charge >= 0.3 is 7.25 Å². The fourth-order valence-electron chi connectivity index (χ4n) is 2.71. The maximum Gasteiger partial charge on any atom is 0.673 e. The summed E-state index contributed by atoms with van der Waals surface area (Å²) in [5.41, 5.74) is 3.44. The van der Waals surface area contributed by atoms with Crippen molar-refractivity contribution in [2.45, 2.75) is 39.7 Å². The van der Waals surface area contributed by atoms with Crippen LogP contribution in [0, 0.1) is 0 Å². The molecule has 0 unspecified atom stereocenters. The monoisotopic (exact) mass is 445 g/mol. The van der Waals surface area contributed by atoms with E-state index in [0.29, 0.717) is 0 Å². The van der Waals surface area contributed by atoms with Gasteiger partial charge in [0, 0.05) is 36.9 Å². The zero-order valence-electron chi connectivity index (χ0n) is 15.6. The van der Waals surface area contributed by atoms with E-state index < -0.39 is 7.25 Å². The molecule has 0 atom stereocenters. The summed E-state index contributed by atoms with van der Waals surface area (Å²) in [7, 11) is -6.00. The summed E-state index contributed by atoms with van der Waals surface area (Å²) in [4.78, 5) is 0. The van der Waals surface area contributed by atoms with Crippen molar-refractivity contribution in [2.75, 3.05) is 0 Å². The van der Waals surface area contributed by atoms with Crippen molar-refractivity contribution in [3.05, 3.63) is 52.5 Å². The fraction of sp³-hybridized carbons (Fsp3) is 0.316. The van der Waals surface area contributed by atoms with Gasteiger partial charge in [0.05, 0.1) is 0 Å². The molecule has 3 rings (SSSR count). The second-order valence-electron chi connectivity index (χ2n) is 7.06. The quantitative estimate of drug-likeness (QED) is 0.241. The van der Waals surface area contributed by atoms with Crippen LogP contribution in [0.2, 0.25) is 0 Å². The lowest BCUT2D eigenvalue weighted by Gasteiger charge is -2.07. The first kappa shape index (κ1) is 21.5. The van der Waals surface area contributed by atoms with Gasteiger partial charge in [-0.1, -0.05) is 53.2 Å². The normalized spacial score (nSPS) is 12.0. The zero-order chi connectivity index (χ0) is 20.4. The predicted octanol–water partition coefficient (Wildman–Crippen LogP) is 6.77. The van der Waals surface area contributed by atoms with E-state index in [9.17, 15) is 17.3 Å². The van der Waals surface area contributed by atoms with E-state index in [1.54, 1.807) is 0 Å². The molecule has 0 aliphatic carbocycles. The second-order valence-corrected chi connectivity index (χ2v) is 7.92. The van der Waals surface area contributed by atoms with Gasteiger partial charge < -0.3 is 17.3 Å². The molecule has 146 valence electrons. The maximum absolute atomic E-state index is 9.75. The number of benzene rings is 2. The Morgan fingerprint density at radius 3 is 2.07 bits per heavy atom. The van der Waals surface area contributed by atoms with E-state index >= 15 is 0 Å². The second kappa shape index (κ2) is 8.04. The van der Waals surface area contributed by atoms with Crippen LogP contribution in [0.5, 0.6) is 0 Å². The van der Waals surface area contributed by atoms with Gasteiger partial charge in [-0.05, 0) is 22.8 Å². The molecule has 1 aromatic heterocycles. The average Bonchev–Trinajstić information content (AvgIpc) is 2.92. The average molecular weight is 446 g/mol. The topological polar surface area (TPSA) is 17.0 Å². The third kappa shape index (κ3) is 5.58. The third-order valence-electron chi connectivity index (χ3n) is 3.84. The van der Waals surface area contributed by atoms with Gasteiger partial charge in [0.25, 0.3) is 5.52 Å². The van der Waals surface area contributed by atoms with Crippen molar-refractivity contribution in [2.24, 2.45) is 0 Å². The van der Waals surface area contributed by atoms with Crippen LogP contribution in [-0.2, 0) is 12.0 Å². The van der Waals surface area contributed by atoms with E-state index in [1.165, 1.54) is 5.56 Å². The summed E-state index contributed by atoms with van der Waals surface area (Å²) in [5.74, 6) is 0.925. The Kier molecular flexibility index (Phi) is 6.40. The summed E-state index contributed by atoms with van der Waals surface area (Å²) in [6.45, 7) is 8.67. The number of halogens is 5. The Balaban J connectivity index is 0.000000465. The van der Waals surface area contributed by atoms with Crippen LogP contribution < -0.4 is 4.74 Å². The van der Waals surface area contributed by atoms with Gasteiger partial charge in [-0.2, -0.15) is 0 Å². The van der Waals surface area contributed by atoms with E-state index in [0.717, 1.165) is 33.1 Å². The highest BCUT2D eigenvalue weighted by molar-refractivity contribution is 9.10. The molecule has 0 N–H and O–H groups in total. The van der Waals surface area contributed by atoms with Gasteiger partial charge in [0.2, 0.25) is 11.3 Å². The molecule has 0 aliphatic heterocycles. The molecule has 0 fully saturated rings. The van der Waals surface area contributed by atoms with Crippen LogP contribution in [0.15, 0.2) is 51.5 Å². The SMILES string of the molecule is CCc1cc2c(cc1Br)c(-c1ccccc1)o[n+]2C(C)(C)C.F[B-](F)(F)F. The van der Waals surface area contributed by atoms with Crippen molar-refractivity contribution in [3.63, 3.8) is 0 Å². The molecule has 8 heteroatoms. The number of fused-ring (bicyclic) bond motifs is 1. The number of hydrogen-bond acceptors (Lipinski definition) is 1. The standard InChI is InChI=1S/C19H21BrNO.BF4/c1-5-13-11-17-15(12-16(13)20)18(14-9-7-6-8-10-14)22-21(17)19(2,3)4;2-1(3,4)5/h6-12H,5H2,1-4H3;/q+1;-1. The minimum atomic E-state index is -6.00. The van der Waals surface area contributed by atoms with Crippen molar-refractivity contribution in [3.8, 4) is 11.3 Å². The molecule has 2 nitrogen and oxygen atoms in total. The van der Waals surface area contributed by atoms with Gasteiger partial charge in [-0.25, -0.2) is 4.52 Å². The molecule has 0 amide bonds. The summed E-state index contributed by atoms with van der Waals surface area (Å²) >= 11 is 3.69. The molecule has 27 heavy (non-hydrogen) atoms. The van der Waals surface area contributed by atoms with Gasteiger partial charge in [-0.15, -0.1) is 0 Å². The summed E-state index contributed by atoms with van der Waals surface area (Å²) in [6, 6.07) is 14.7. The molecule has 2 aromatic carbocycles. The first-order chi connectivity index (χ1) is 12.4. The van der Waals surface area contributed by atoms with Crippen LogP contribution in [0.25, 0.3) is 22.2 Å². The van der Waals surface area contributed by atoms with Gasteiger partial charge in [0.1, 0.15) is 5.39 Å². The Bertz CT molecular complexity index is 911. The highest BCUT2D eigenvalue weighted by Crippen LogP contribution is 2.33. The van der Waals surface area contributed by atoms with Crippen LogP contribution in [0.4, 0.5) is 17.3 Å². The van der Waals surface area contributed by atoms with Crippen molar-refractivity contribution in [1.82, 2.24) is 0 Å². The van der Waals surface area contributed by atoms with Gasteiger partial charge in [0.15, 0.2) is 0 Å². The number of rotatable bonds is 2. The Morgan fingerprint density at radius 1 is 1.04 bits per heavy atom. The minimum Gasteiger partial charge on any atom is -0.418 e. The number of aryl methyl sites for hydroxylation is 1. The van der Waals surface area contributed by atoms with Crippen LogP contribution in [0.3, 0.4) is 0 Å². The molecule has 0 aliphatic rings. The molecular formula is C19H21BBrF4NO.